The first-order valence-electron chi connectivity index (χ1n) is 9.65. The Hall–Kier alpha value is -2.99. The topological polar surface area (TPSA) is 48.5 Å². The average molecular weight is 405 g/mol. The Morgan fingerprint density at radius 2 is 1.66 bits per heavy atom. The van der Waals surface area contributed by atoms with Crippen molar-refractivity contribution in [1.29, 1.82) is 0 Å². The van der Waals surface area contributed by atoms with Crippen LogP contribution in [0.5, 0.6) is 0 Å². The van der Waals surface area contributed by atoms with Crippen LogP contribution in [-0.4, -0.2) is 31.5 Å². The van der Waals surface area contributed by atoms with Crippen molar-refractivity contribution >= 4 is 34.9 Å². The Balaban J connectivity index is 1.44. The summed E-state index contributed by atoms with van der Waals surface area (Å²) in [5.74, 6) is 0.912. The van der Waals surface area contributed by atoms with E-state index in [0.29, 0.717) is 19.5 Å². The lowest BCUT2D eigenvalue weighted by molar-refractivity contribution is -0.121. The van der Waals surface area contributed by atoms with E-state index in [1.54, 1.807) is 18.0 Å². The lowest BCUT2D eigenvalue weighted by Gasteiger charge is -2.32. The van der Waals surface area contributed by atoms with Crippen molar-refractivity contribution in [3.8, 4) is 0 Å². The molecule has 0 saturated carbocycles. The molecule has 0 unspecified atom stereocenters. The first kappa shape index (κ1) is 19.3. The van der Waals surface area contributed by atoms with E-state index in [1.807, 2.05) is 43.3 Å². The van der Waals surface area contributed by atoms with Crippen molar-refractivity contribution in [3.63, 3.8) is 0 Å². The quantitative estimate of drug-likeness (QED) is 0.657. The normalized spacial score (nSPS) is 12.1. The molecule has 1 aliphatic heterocycles. The highest BCUT2D eigenvalue weighted by Crippen LogP contribution is 2.47. The Morgan fingerprint density at radius 1 is 1.00 bits per heavy atom. The molecule has 0 fully saturated rings. The molecular weight excluding hydrogens is 380 g/mol. The summed E-state index contributed by atoms with van der Waals surface area (Å²) in [5.41, 5.74) is 3.33. The zero-order chi connectivity index (χ0) is 20.2. The van der Waals surface area contributed by atoms with Gasteiger partial charge in [0.15, 0.2) is 0 Å². The maximum absolute atomic E-state index is 12.6. The molecule has 1 aromatic heterocycles. The van der Waals surface area contributed by atoms with Gasteiger partial charge >= 0.3 is 0 Å². The minimum Gasteiger partial charge on any atom is -0.362 e. The van der Waals surface area contributed by atoms with E-state index in [4.69, 9.17) is 0 Å². The molecule has 0 spiro atoms. The smallest absolute Gasteiger partial charge is 0.222 e. The Morgan fingerprint density at radius 3 is 2.31 bits per heavy atom. The number of rotatable bonds is 6. The van der Waals surface area contributed by atoms with Crippen molar-refractivity contribution in [2.75, 3.05) is 30.4 Å². The molecule has 5 nitrogen and oxygen atoms in total. The SMILES string of the molecule is CN(C)c1ncccc1CNC(=O)CCN1c2ccccc2Sc2ccccc21. The van der Waals surface area contributed by atoms with E-state index >= 15 is 0 Å². The van der Waals surface area contributed by atoms with Crippen LogP contribution in [0.2, 0.25) is 0 Å². The van der Waals surface area contributed by atoms with Gasteiger partial charge in [-0.1, -0.05) is 42.1 Å². The van der Waals surface area contributed by atoms with Gasteiger partial charge in [0, 0.05) is 55.2 Å². The number of nitrogens with one attached hydrogen (secondary N) is 1. The van der Waals surface area contributed by atoms with Crippen molar-refractivity contribution < 1.29 is 4.79 Å². The lowest BCUT2D eigenvalue weighted by Crippen LogP contribution is -2.30. The van der Waals surface area contributed by atoms with E-state index in [1.165, 1.54) is 9.79 Å². The summed E-state index contributed by atoms with van der Waals surface area (Å²) in [6.07, 6.45) is 2.19. The summed E-state index contributed by atoms with van der Waals surface area (Å²) in [6.45, 7) is 1.11. The minimum atomic E-state index is 0.0340. The number of pyridine rings is 1. The van der Waals surface area contributed by atoms with Crippen LogP contribution in [0.3, 0.4) is 0 Å². The standard InChI is InChI=1S/C23H24N4OS/c1-26(2)23-17(8-7-14-24-23)16-25-22(28)13-15-27-18-9-3-5-11-20(18)29-21-12-6-4-10-19(21)27/h3-12,14H,13,15-16H2,1-2H3,(H,25,28). The van der Waals surface area contributed by atoms with Crippen LogP contribution in [0.25, 0.3) is 0 Å². The molecular formula is C23H24N4OS. The van der Waals surface area contributed by atoms with Crippen LogP contribution in [0.4, 0.5) is 17.2 Å². The van der Waals surface area contributed by atoms with Crippen molar-refractivity contribution in [3.05, 3.63) is 72.4 Å². The largest absolute Gasteiger partial charge is 0.362 e. The molecule has 0 saturated heterocycles. The molecule has 0 aliphatic carbocycles. The molecule has 2 heterocycles. The van der Waals surface area contributed by atoms with Crippen LogP contribution in [0, 0.1) is 0 Å². The Bertz CT molecular complexity index is 976. The van der Waals surface area contributed by atoms with E-state index in [2.05, 4.69) is 51.6 Å². The van der Waals surface area contributed by atoms with Gasteiger partial charge in [0.25, 0.3) is 0 Å². The number of hydrogen-bond donors (Lipinski definition) is 1. The van der Waals surface area contributed by atoms with Gasteiger partial charge < -0.3 is 15.1 Å². The Kier molecular flexibility index (Phi) is 5.71. The number of fused-ring (bicyclic) bond motifs is 2. The molecule has 0 radical (unpaired) electrons. The van der Waals surface area contributed by atoms with Crippen LogP contribution in [0.15, 0.2) is 76.7 Å². The van der Waals surface area contributed by atoms with Gasteiger partial charge in [-0.25, -0.2) is 4.98 Å². The number of amides is 1. The molecule has 1 N–H and O–H groups in total. The summed E-state index contributed by atoms with van der Waals surface area (Å²) in [7, 11) is 3.91. The van der Waals surface area contributed by atoms with Crippen molar-refractivity contribution in [1.82, 2.24) is 10.3 Å². The number of carbonyl (C=O) groups is 1. The fraction of sp³-hybridized carbons (Fsp3) is 0.217. The number of aromatic nitrogens is 1. The highest BCUT2D eigenvalue weighted by Gasteiger charge is 2.23. The lowest BCUT2D eigenvalue weighted by atomic mass is 10.2. The number of nitrogens with zero attached hydrogens (tertiary/aromatic N) is 3. The highest BCUT2D eigenvalue weighted by molar-refractivity contribution is 7.99. The van der Waals surface area contributed by atoms with E-state index in [0.717, 1.165) is 22.8 Å². The van der Waals surface area contributed by atoms with E-state index in [9.17, 15) is 4.79 Å². The maximum Gasteiger partial charge on any atom is 0.222 e. The second-order valence-electron chi connectivity index (χ2n) is 7.10. The van der Waals surface area contributed by atoms with Gasteiger partial charge in [-0.15, -0.1) is 0 Å². The summed E-state index contributed by atoms with van der Waals surface area (Å²) < 4.78 is 0. The number of benzene rings is 2. The molecule has 4 rings (SSSR count). The third-order valence-corrected chi connectivity index (χ3v) is 5.99. The van der Waals surface area contributed by atoms with Crippen molar-refractivity contribution in [2.24, 2.45) is 0 Å². The monoisotopic (exact) mass is 404 g/mol. The number of hydrogen-bond acceptors (Lipinski definition) is 5. The van der Waals surface area contributed by atoms with Gasteiger partial charge in [-0.05, 0) is 30.3 Å². The zero-order valence-electron chi connectivity index (χ0n) is 16.6. The first-order valence-corrected chi connectivity index (χ1v) is 10.5. The van der Waals surface area contributed by atoms with E-state index < -0.39 is 0 Å². The summed E-state index contributed by atoms with van der Waals surface area (Å²) in [5, 5.41) is 3.04. The molecule has 0 atom stereocenters. The highest BCUT2D eigenvalue weighted by atomic mass is 32.2. The fourth-order valence-electron chi connectivity index (χ4n) is 3.49. The second kappa shape index (κ2) is 8.57. The molecule has 29 heavy (non-hydrogen) atoms. The van der Waals surface area contributed by atoms with Crippen LogP contribution in [-0.2, 0) is 11.3 Å². The Labute approximate surface area is 175 Å². The average Bonchev–Trinajstić information content (AvgIpc) is 2.75. The summed E-state index contributed by atoms with van der Waals surface area (Å²) >= 11 is 1.78. The zero-order valence-corrected chi connectivity index (χ0v) is 17.4. The predicted molar refractivity (Wildman–Crippen MR) is 119 cm³/mol. The van der Waals surface area contributed by atoms with Crippen LogP contribution >= 0.6 is 11.8 Å². The van der Waals surface area contributed by atoms with Gasteiger partial charge in [0.05, 0.1) is 11.4 Å². The third kappa shape index (κ3) is 4.22. The van der Waals surface area contributed by atoms with Gasteiger partial charge in [-0.2, -0.15) is 0 Å². The molecule has 1 aliphatic rings. The molecule has 6 heteroatoms. The number of carbonyl (C=O) groups excluding carboxylic acids is 1. The summed E-state index contributed by atoms with van der Waals surface area (Å²) in [4.78, 5) is 23.6. The maximum atomic E-state index is 12.6. The molecule has 2 aromatic carbocycles. The third-order valence-electron chi connectivity index (χ3n) is 4.86. The molecule has 148 valence electrons. The second-order valence-corrected chi connectivity index (χ2v) is 8.18. The molecule has 0 bridgehead atoms. The van der Waals surface area contributed by atoms with Crippen LogP contribution in [0.1, 0.15) is 12.0 Å². The van der Waals surface area contributed by atoms with Crippen molar-refractivity contribution in [2.45, 2.75) is 22.8 Å². The summed E-state index contributed by atoms with van der Waals surface area (Å²) in [6, 6.07) is 20.6. The van der Waals surface area contributed by atoms with Gasteiger partial charge in [0.1, 0.15) is 5.82 Å². The number of para-hydroxylation sites is 2. The molecule has 3 aromatic rings. The fourth-order valence-corrected chi connectivity index (χ4v) is 4.58. The van der Waals surface area contributed by atoms with Gasteiger partial charge in [0.2, 0.25) is 5.91 Å². The van der Waals surface area contributed by atoms with Gasteiger partial charge in [-0.3, -0.25) is 4.79 Å². The minimum absolute atomic E-state index is 0.0340. The predicted octanol–water partition coefficient (Wildman–Crippen LogP) is 4.46. The first-order chi connectivity index (χ1) is 14.1. The number of anilines is 3. The van der Waals surface area contributed by atoms with E-state index in [-0.39, 0.29) is 5.91 Å². The molecule has 1 amide bonds. The van der Waals surface area contributed by atoms with Crippen LogP contribution < -0.4 is 15.1 Å².